The summed E-state index contributed by atoms with van der Waals surface area (Å²) in [5, 5.41) is 3.22. The van der Waals surface area contributed by atoms with Crippen molar-refractivity contribution >= 4 is 11.9 Å². The Morgan fingerprint density at radius 1 is 1.04 bits per heavy atom. The maximum atomic E-state index is 12.7. The standard InChI is InChI=1S/C23H28N2O3/c1-28-23(27)20-12-14-25(15-13-20)17-22(26)24-21(19-10-6-3-7-11-19)16-18-8-4-2-5-9-18/h2-11,20-21H,12-17H2,1H3,(H,24,26)/p+1/t21-/m1/s1. The molecule has 1 saturated heterocycles. The first kappa shape index (κ1) is 20.1. The summed E-state index contributed by atoms with van der Waals surface area (Å²) in [7, 11) is 1.44. The van der Waals surface area contributed by atoms with Gasteiger partial charge in [0.2, 0.25) is 0 Å². The summed E-state index contributed by atoms with van der Waals surface area (Å²) in [5.74, 6) is -0.0984. The number of rotatable bonds is 7. The molecule has 2 N–H and O–H groups in total. The van der Waals surface area contributed by atoms with E-state index in [1.807, 2.05) is 36.4 Å². The minimum atomic E-state index is -0.129. The number of methoxy groups -OCH3 is 1. The van der Waals surface area contributed by atoms with Crippen molar-refractivity contribution in [1.29, 1.82) is 0 Å². The lowest BCUT2D eigenvalue weighted by Crippen LogP contribution is -3.14. The van der Waals surface area contributed by atoms with Gasteiger partial charge in [0.05, 0.1) is 32.2 Å². The van der Waals surface area contributed by atoms with Crippen LogP contribution in [-0.2, 0) is 20.7 Å². The number of nitrogens with one attached hydrogen (secondary N) is 2. The molecule has 1 aliphatic rings. The van der Waals surface area contributed by atoms with Crippen LogP contribution in [0, 0.1) is 5.92 Å². The monoisotopic (exact) mass is 381 g/mol. The minimum absolute atomic E-state index is 0.0213. The summed E-state index contributed by atoms with van der Waals surface area (Å²) in [6, 6.07) is 20.3. The molecular weight excluding hydrogens is 352 g/mol. The molecule has 0 aromatic heterocycles. The zero-order chi connectivity index (χ0) is 19.8. The van der Waals surface area contributed by atoms with E-state index >= 15 is 0 Å². The number of esters is 1. The van der Waals surface area contributed by atoms with E-state index in [9.17, 15) is 9.59 Å². The molecule has 0 unspecified atom stereocenters. The van der Waals surface area contributed by atoms with Crippen LogP contribution in [0.4, 0.5) is 0 Å². The first-order valence-corrected chi connectivity index (χ1v) is 9.95. The van der Waals surface area contributed by atoms with Crippen LogP contribution in [0.2, 0.25) is 0 Å². The molecule has 3 rings (SSSR count). The molecule has 0 radical (unpaired) electrons. The number of carbonyl (C=O) groups is 2. The highest BCUT2D eigenvalue weighted by atomic mass is 16.5. The average molecular weight is 381 g/mol. The Morgan fingerprint density at radius 3 is 2.25 bits per heavy atom. The third kappa shape index (κ3) is 5.67. The van der Waals surface area contributed by atoms with Crippen LogP contribution in [0.25, 0.3) is 0 Å². The van der Waals surface area contributed by atoms with Crippen molar-refractivity contribution in [2.75, 3.05) is 26.7 Å². The van der Waals surface area contributed by atoms with Crippen LogP contribution >= 0.6 is 0 Å². The molecule has 2 aromatic carbocycles. The van der Waals surface area contributed by atoms with Crippen LogP contribution in [-0.4, -0.2) is 38.6 Å². The maximum absolute atomic E-state index is 12.7. The van der Waals surface area contributed by atoms with Crippen LogP contribution in [0.3, 0.4) is 0 Å². The van der Waals surface area contributed by atoms with Crippen molar-refractivity contribution in [3.63, 3.8) is 0 Å². The van der Waals surface area contributed by atoms with Gasteiger partial charge in [-0.1, -0.05) is 60.7 Å². The molecule has 1 aliphatic heterocycles. The van der Waals surface area contributed by atoms with E-state index in [0.29, 0.717) is 6.54 Å². The lowest BCUT2D eigenvalue weighted by molar-refractivity contribution is -0.897. The van der Waals surface area contributed by atoms with Gasteiger partial charge in [0.25, 0.3) is 5.91 Å². The van der Waals surface area contributed by atoms with E-state index in [1.54, 1.807) is 0 Å². The number of benzene rings is 2. The highest BCUT2D eigenvalue weighted by Crippen LogP contribution is 2.18. The second-order valence-electron chi connectivity index (χ2n) is 7.44. The van der Waals surface area contributed by atoms with Crippen molar-refractivity contribution in [3.8, 4) is 0 Å². The van der Waals surface area contributed by atoms with Crippen LogP contribution in [0.1, 0.15) is 30.0 Å². The molecule has 0 saturated carbocycles. The third-order valence-corrected chi connectivity index (χ3v) is 5.46. The first-order valence-electron chi connectivity index (χ1n) is 9.95. The molecule has 2 aromatic rings. The van der Waals surface area contributed by atoms with E-state index in [2.05, 4.69) is 29.6 Å². The Labute approximate surface area is 166 Å². The fourth-order valence-electron chi connectivity index (χ4n) is 3.86. The van der Waals surface area contributed by atoms with Gasteiger partial charge >= 0.3 is 5.97 Å². The Hall–Kier alpha value is -2.66. The Balaban J connectivity index is 1.58. The van der Waals surface area contributed by atoms with Crippen LogP contribution in [0.15, 0.2) is 60.7 Å². The summed E-state index contributed by atoms with van der Waals surface area (Å²) in [4.78, 5) is 25.6. The molecule has 0 spiro atoms. The minimum Gasteiger partial charge on any atom is -0.469 e. The Kier molecular flexibility index (Phi) is 7.20. The molecule has 28 heavy (non-hydrogen) atoms. The molecule has 1 fully saturated rings. The molecule has 0 aliphatic carbocycles. The molecule has 5 heteroatoms. The molecule has 1 amide bonds. The summed E-state index contributed by atoms with van der Waals surface area (Å²) in [5.41, 5.74) is 2.31. The van der Waals surface area contributed by atoms with Crippen molar-refractivity contribution in [2.45, 2.75) is 25.3 Å². The normalized spacial score (nSPS) is 20.2. The van der Waals surface area contributed by atoms with Gasteiger partial charge in [-0.15, -0.1) is 0 Å². The fraction of sp³-hybridized carbons (Fsp3) is 0.391. The van der Waals surface area contributed by atoms with Gasteiger partial charge < -0.3 is 15.0 Å². The summed E-state index contributed by atoms with van der Waals surface area (Å²) in [6.07, 6.45) is 2.32. The van der Waals surface area contributed by atoms with Crippen molar-refractivity contribution in [1.82, 2.24) is 5.32 Å². The Morgan fingerprint density at radius 2 is 1.64 bits per heavy atom. The van der Waals surface area contributed by atoms with E-state index in [4.69, 9.17) is 4.74 Å². The second kappa shape index (κ2) is 10.0. The predicted octanol–water partition coefficient (Wildman–Crippen LogP) is 1.55. The molecule has 1 heterocycles. The molecule has 5 nitrogen and oxygen atoms in total. The summed E-state index contributed by atoms with van der Waals surface area (Å²) < 4.78 is 4.84. The third-order valence-electron chi connectivity index (χ3n) is 5.46. The lowest BCUT2D eigenvalue weighted by Gasteiger charge is -2.28. The lowest BCUT2D eigenvalue weighted by atomic mass is 9.97. The van der Waals surface area contributed by atoms with Crippen molar-refractivity contribution < 1.29 is 19.2 Å². The van der Waals surface area contributed by atoms with E-state index in [0.717, 1.165) is 37.9 Å². The van der Waals surface area contributed by atoms with Gasteiger partial charge in [0.15, 0.2) is 6.54 Å². The number of quaternary nitrogens is 1. The zero-order valence-electron chi connectivity index (χ0n) is 16.4. The number of hydrogen-bond donors (Lipinski definition) is 2. The molecule has 148 valence electrons. The van der Waals surface area contributed by atoms with Crippen LogP contribution in [0.5, 0.6) is 0 Å². The van der Waals surface area contributed by atoms with Gasteiger partial charge in [-0.3, -0.25) is 9.59 Å². The molecular formula is C23H29N2O3+. The number of hydrogen-bond acceptors (Lipinski definition) is 3. The molecule has 1 atom stereocenters. The first-order chi connectivity index (χ1) is 13.7. The smallest absolute Gasteiger partial charge is 0.309 e. The highest BCUT2D eigenvalue weighted by Gasteiger charge is 2.29. The molecule has 0 bridgehead atoms. The van der Waals surface area contributed by atoms with Crippen molar-refractivity contribution in [2.24, 2.45) is 5.92 Å². The largest absolute Gasteiger partial charge is 0.469 e. The topological polar surface area (TPSA) is 59.8 Å². The van der Waals surface area contributed by atoms with Gasteiger partial charge in [0.1, 0.15) is 0 Å². The average Bonchev–Trinajstić information content (AvgIpc) is 2.74. The summed E-state index contributed by atoms with van der Waals surface area (Å²) in [6.45, 7) is 2.08. The number of ether oxygens (including phenoxy) is 1. The van der Waals surface area contributed by atoms with Gasteiger partial charge in [-0.2, -0.15) is 0 Å². The number of likely N-dealkylation sites (tertiary alicyclic amines) is 1. The van der Waals surface area contributed by atoms with Gasteiger partial charge in [-0.05, 0) is 17.5 Å². The number of piperidine rings is 1. The fourth-order valence-corrected chi connectivity index (χ4v) is 3.86. The quantitative estimate of drug-likeness (QED) is 0.716. The van der Waals surface area contributed by atoms with Crippen molar-refractivity contribution in [3.05, 3.63) is 71.8 Å². The van der Waals surface area contributed by atoms with Gasteiger partial charge in [0, 0.05) is 12.8 Å². The van der Waals surface area contributed by atoms with E-state index in [-0.39, 0.29) is 23.8 Å². The SMILES string of the molecule is COC(=O)C1CC[NH+](CC(=O)N[C@H](Cc2ccccc2)c2ccccc2)CC1. The van der Waals surface area contributed by atoms with E-state index in [1.165, 1.54) is 17.6 Å². The zero-order valence-corrected chi connectivity index (χ0v) is 16.4. The van der Waals surface area contributed by atoms with E-state index < -0.39 is 0 Å². The highest BCUT2D eigenvalue weighted by molar-refractivity contribution is 5.77. The van der Waals surface area contributed by atoms with Crippen LogP contribution < -0.4 is 10.2 Å². The predicted molar refractivity (Wildman–Crippen MR) is 108 cm³/mol. The van der Waals surface area contributed by atoms with Gasteiger partial charge in [-0.25, -0.2) is 0 Å². The second-order valence-corrected chi connectivity index (χ2v) is 7.44. The number of amides is 1. The Bertz CT molecular complexity index is 756. The summed E-state index contributed by atoms with van der Waals surface area (Å²) >= 11 is 0. The number of carbonyl (C=O) groups excluding carboxylic acids is 2. The maximum Gasteiger partial charge on any atom is 0.309 e.